The van der Waals surface area contributed by atoms with Crippen LogP contribution in [0.4, 0.5) is 0 Å². The molecule has 0 fully saturated rings. The second-order valence-electron chi connectivity index (χ2n) is 6.97. The van der Waals surface area contributed by atoms with Gasteiger partial charge in [0.05, 0.1) is 14.2 Å². The summed E-state index contributed by atoms with van der Waals surface area (Å²) < 4.78 is 10.5. The fraction of sp³-hybridized carbons (Fsp3) is 0.364. The Morgan fingerprint density at radius 3 is 2.18 bits per heavy atom. The van der Waals surface area contributed by atoms with Crippen LogP contribution in [0.5, 0.6) is 11.5 Å². The van der Waals surface area contributed by atoms with E-state index in [9.17, 15) is 9.59 Å². The fourth-order valence-corrected chi connectivity index (χ4v) is 2.75. The molecule has 0 saturated carbocycles. The van der Waals surface area contributed by atoms with Crippen molar-refractivity contribution < 1.29 is 19.1 Å². The minimum atomic E-state index is -0.631. The topological polar surface area (TPSA) is 76.7 Å². The van der Waals surface area contributed by atoms with Gasteiger partial charge in [-0.2, -0.15) is 0 Å². The molecule has 0 spiro atoms. The first-order valence-corrected chi connectivity index (χ1v) is 9.21. The Morgan fingerprint density at radius 1 is 0.964 bits per heavy atom. The number of hydrogen-bond donors (Lipinski definition) is 2. The Labute approximate surface area is 166 Å². The van der Waals surface area contributed by atoms with E-state index < -0.39 is 6.04 Å². The highest BCUT2D eigenvalue weighted by atomic mass is 16.5. The maximum Gasteiger partial charge on any atom is 0.251 e. The second kappa shape index (κ2) is 9.78. The molecule has 2 rings (SSSR count). The first-order chi connectivity index (χ1) is 13.3. The van der Waals surface area contributed by atoms with Gasteiger partial charge in [0.25, 0.3) is 5.91 Å². The van der Waals surface area contributed by atoms with Gasteiger partial charge in [-0.3, -0.25) is 9.59 Å². The predicted octanol–water partition coefficient (Wildman–Crippen LogP) is 3.08. The molecule has 150 valence electrons. The lowest BCUT2D eigenvalue weighted by molar-refractivity contribution is -0.124. The summed E-state index contributed by atoms with van der Waals surface area (Å²) >= 11 is 0. The van der Waals surface area contributed by atoms with Gasteiger partial charge < -0.3 is 20.1 Å². The standard InChI is InChI=1S/C22H28N2O4/c1-14(2)20(24-21(25)17-9-6-15(3)7-10-17)22(26)23-13-16-8-11-18(27-4)19(12-16)28-5/h6-12,14,20H,13H2,1-5H3,(H,23,26)(H,24,25). The van der Waals surface area contributed by atoms with Crippen molar-refractivity contribution in [3.8, 4) is 11.5 Å². The van der Waals surface area contributed by atoms with Gasteiger partial charge in [-0.05, 0) is 42.7 Å². The number of rotatable bonds is 8. The fourth-order valence-electron chi connectivity index (χ4n) is 2.75. The van der Waals surface area contributed by atoms with Crippen LogP contribution >= 0.6 is 0 Å². The van der Waals surface area contributed by atoms with Crippen LogP contribution in [0.2, 0.25) is 0 Å². The Bertz CT molecular complexity index is 816. The number of nitrogens with one attached hydrogen (secondary N) is 2. The Hall–Kier alpha value is -3.02. The van der Waals surface area contributed by atoms with Gasteiger partial charge in [0.2, 0.25) is 5.91 Å². The van der Waals surface area contributed by atoms with Crippen molar-refractivity contribution in [2.45, 2.75) is 33.4 Å². The lowest BCUT2D eigenvalue weighted by atomic mass is 10.0. The zero-order chi connectivity index (χ0) is 20.7. The number of aryl methyl sites for hydroxylation is 1. The van der Waals surface area contributed by atoms with E-state index in [-0.39, 0.29) is 17.7 Å². The number of ether oxygens (including phenoxy) is 2. The van der Waals surface area contributed by atoms with E-state index in [1.54, 1.807) is 32.4 Å². The molecule has 6 nitrogen and oxygen atoms in total. The van der Waals surface area contributed by atoms with Crippen LogP contribution in [0.1, 0.15) is 35.3 Å². The molecule has 28 heavy (non-hydrogen) atoms. The maximum atomic E-state index is 12.7. The van der Waals surface area contributed by atoms with Crippen molar-refractivity contribution in [2.24, 2.45) is 5.92 Å². The molecule has 2 aromatic carbocycles. The molecule has 1 unspecified atom stereocenters. The molecule has 0 heterocycles. The highest BCUT2D eigenvalue weighted by Gasteiger charge is 2.24. The first kappa shape index (κ1) is 21.3. The van der Waals surface area contributed by atoms with Crippen LogP contribution in [-0.2, 0) is 11.3 Å². The molecule has 2 amide bonds. The molecule has 0 aliphatic rings. The lowest BCUT2D eigenvalue weighted by Crippen LogP contribution is -2.49. The van der Waals surface area contributed by atoms with Gasteiger partial charge in [0.1, 0.15) is 6.04 Å². The van der Waals surface area contributed by atoms with Crippen molar-refractivity contribution in [2.75, 3.05) is 14.2 Å². The van der Waals surface area contributed by atoms with Crippen LogP contribution in [0.15, 0.2) is 42.5 Å². The molecule has 2 aromatic rings. The molecule has 0 radical (unpaired) electrons. The molecule has 0 aliphatic heterocycles. The van der Waals surface area contributed by atoms with Crippen LogP contribution in [0.3, 0.4) is 0 Å². The molecule has 6 heteroatoms. The number of carbonyl (C=O) groups excluding carboxylic acids is 2. The lowest BCUT2D eigenvalue weighted by Gasteiger charge is -2.22. The summed E-state index contributed by atoms with van der Waals surface area (Å²) in [4.78, 5) is 25.2. The average Bonchev–Trinajstić information content (AvgIpc) is 2.69. The Balaban J connectivity index is 2.02. The number of hydrogen-bond acceptors (Lipinski definition) is 4. The molecule has 0 aliphatic carbocycles. The van der Waals surface area contributed by atoms with E-state index in [0.29, 0.717) is 23.6 Å². The summed E-state index contributed by atoms with van der Waals surface area (Å²) in [7, 11) is 3.14. The monoisotopic (exact) mass is 384 g/mol. The van der Waals surface area contributed by atoms with Crippen molar-refractivity contribution >= 4 is 11.8 Å². The highest BCUT2D eigenvalue weighted by molar-refractivity contribution is 5.97. The third-order valence-electron chi connectivity index (χ3n) is 4.46. The van der Waals surface area contributed by atoms with Gasteiger partial charge in [-0.15, -0.1) is 0 Å². The number of carbonyl (C=O) groups is 2. The van der Waals surface area contributed by atoms with Gasteiger partial charge in [-0.25, -0.2) is 0 Å². The molecule has 0 bridgehead atoms. The van der Waals surface area contributed by atoms with Crippen molar-refractivity contribution in [1.29, 1.82) is 0 Å². The van der Waals surface area contributed by atoms with E-state index in [2.05, 4.69) is 10.6 Å². The van der Waals surface area contributed by atoms with Crippen molar-refractivity contribution in [1.82, 2.24) is 10.6 Å². The number of benzene rings is 2. The number of amides is 2. The van der Waals surface area contributed by atoms with E-state index in [1.807, 2.05) is 45.0 Å². The third kappa shape index (κ3) is 5.49. The van der Waals surface area contributed by atoms with Gasteiger partial charge in [0.15, 0.2) is 11.5 Å². The van der Waals surface area contributed by atoms with E-state index in [1.165, 1.54) is 0 Å². The van der Waals surface area contributed by atoms with Gasteiger partial charge >= 0.3 is 0 Å². The van der Waals surface area contributed by atoms with E-state index in [0.717, 1.165) is 11.1 Å². The van der Waals surface area contributed by atoms with Crippen LogP contribution in [-0.4, -0.2) is 32.1 Å². The highest BCUT2D eigenvalue weighted by Crippen LogP contribution is 2.27. The summed E-state index contributed by atoms with van der Waals surface area (Å²) in [6, 6.07) is 12.1. The Morgan fingerprint density at radius 2 is 1.61 bits per heavy atom. The third-order valence-corrected chi connectivity index (χ3v) is 4.46. The van der Waals surface area contributed by atoms with Crippen LogP contribution in [0.25, 0.3) is 0 Å². The minimum Gasteiger partial charge on any atom is -0.493 e. The van der Waals surface area contributed by atoms with Gasteiger partial charge in [-0.1, -0.05) is 37.6 Å². The maximum absolute atomic E-state index is 12.7. The van der Waals surface area contributed by atoms with Crippen molar-refractivity contribution in [3.05, 3.63) is 59.2 Å². The van der Waals surface area contributed by atoms with Gasteiger partial charge in [0, 0.05) is 12.1 Å². The summed E-state index contributed by atoms with van der Waals surface area (Å²) in [6.07, 6.45) is 0. The summed E-state index contributed by atoms with van der Waals surface area (Å²) in [6.45, 7) is 6.08. The zero-order valence-corrected chi connectivity index (χ0v) is 17.0. The van der Waals surface area contributed by atoms with Crippen LogP contribution < -0.4 is 20.1 Å². The molecule has 1 atom stereocenters. The molecule has 0 aromatic heterocycles. The smallest absolute Gasteiger partial charge is 0.251 e. The summed E-state index contributed by atoms with van der Waals surface area (Å²) in [5, 5.41) is 5.72. The summed E-state index contributed by atoms with van der Waals surface area (Å²) in [5.74, 6) is 0.676. The molecular formula is C22H28N2O4. The number of methoxy groups -OCH3 is 2. The van der Waals surface area contributed by atoms with E-state index >= 15 is 0 Å². The minimum absolute atomic E-state index is 0.0557. The second-order valence-corrected chi connectivity index (χ2v) is 6.97. The largest absolute Gasteiger partial charge is 0.493 e. The summed E-state index contributed by atoms with van der Waals surface area (Å²) in [5.41, 5.74) is 2.48. The molecule has 2 N–H and O–H groups in total. The first-order valence-electron chi connectivity index (χ1n) is 9.21. The van der Waals surface area contributed by atoms with Crippen LogP contribution in [0, 0.1) is 12.8 Å². The van der Waals surface area contributed by atoms with Crippen molar-refractivity contribution in [3.63, 3.8) is 0 Å². The normalized spacial score (nSPS) is 11.6. The molecular weight excluding hydrogens is 356 g/mol. The molecule has 0 saturated heterocycles. The Kier molecular flexibility index (Phi) is 7.44. The SMILES string of the molecule is COc1ccc(CNC(=O)C(NC(=O)c2ccc(C)cc2)C(C)C)cc1OC. The predicted molar refractivity (Wildman–Crippen MR) is 109 cm³/mol. The average molecular weight is 384 g/mol. The zero-order valence-electron chi connectivity index (χ0n) is 17.0. The van der Waals surface area contributed by atoms with E-state index in [4.69, 9.17) is 9.47 Å². The quantitative estimate of drug-likeness (QED) is 0.733.